The van der Waals surface area contributed by atoms with Crippen molar-refractivity contribution in [2.45, 2.75) is 65.0 Å². The van der Waals surface area contributed by atoms with Crippen LogP contribution in [-0.4, -0.2) is 69.5 Å². The number of aliphatic hydroxyl groups is 2. The fourth-order valence-corrected chi connectivity index (χ4v) is 4.35. The summed E-state index contributed by atoms with van der Waals surface area (Å²) in [7, 11) is 0. The second-order valence-electron chi connectivity index (χ2n) is 8.65. The summed E-state index contributed by atoms with van der Waals surface area (Å²) in [6, 6.07) is 3.87. The molecule has 1 aliphatic rings. The second kappa shape index (κ2) is 11.5. The van der Waals surface area contributed by atoms with E-state index in [9.17, 15) is 14.7 Å². The normalized spacial score (nSPS) is 15.8. The molecule has 0 radical (unpaired) electrons. The number of aryl methyl sites for hydroxylation is 3. The van der Waals surface area contributed by atoms with Crippen LogP contribution in [0, 0.1) is 6.92 Å². The third-order valence-electron chi connectivity index (χ3n) is 6.31. The largest absolute Gasteiger partial charge is 0.396 e. The maximum atomic E-state index is 13.2. The number of hydrogen-bond donors (Lipinski definition) is 3. The highest BCUT2D eigenvalue weighted by molar-refractivity contribution is 5.94. The molecule has 1 atom stereocenters. The number of carbonyl (C=O) groups excluding carboxylic acids is 1. The van der Waals surface area contributed by atoms with Crippen LogP contribution in [0.25, 0.3) is 11.0 Å². The van der Waals surface area contributed by atoms with Gasteiger partial charge in [0.25, 0.3) is 11.5 Å². The standard InChI is InChI=1S/C24H36N4O4/c1-3-18-16-21-20(15-17(18)2)26-22(24(32)28(21)12-7-19(30)8-14-29)23(31)25-9-13-27-10-5-4-6-11-27/h15-16,19,29-30H,3-14H2,1-2H3,(H,25,31). The van der Waals surface area contributed by atoms with Crippen LogP contribution in [0.1, 0.15) is 60.6 Å². The van der Waals surface area contributed by atoms with Gasteiger partial charge < -0.3 is 25.0 Å². The number of nitrogens with zero attached hydrogens (tertiary/aromatic N) is 3. The number of aromatic nitrogens is 2. The van der Waals surface area contributed by atoms with Crippen LogP contribution in [0.3, 0.4) is 0 Å². The van der Waals surface area contributed by atoms with Crippen molar-refractivity contribution in [2.75, 3.05) is 32.8 Å². The Labute approximate surface area is 189 Å². The summed E-state index contributed by atoms with van der Waals surface area (Å²) in [5, 5.41) is 22.0. The predicted molar refractivity (Wildman–Crippen MR) is 125 cm³/mol. The van der Waals surface area contributed by atoms with Gasteiger partial charge in [-0.1, -0.05) is 13.3 Å². The SMILES string of the molecule is CCc1cc2c(cc1C)nc(C(=O)NCCN1CCCCC1)c(=O)n2CCC(O)CCO. The van der Waals surface area contributed by atoms with Gasteiger partial charge in [0, 0.05) is 26.2 Å². The second-order valence-corrected chi connectivity index (χ2v) is 8.65. The lowest BCUT2D eigenvalue weighted by Crippen LogP contribution is -2.40. The third-order valence-corrected chi connectivity index (χ3v) is 6.31. The summed E-state index contributed by atoms with van der Waals surface area (Å²) >= 11 is 0. The van der Waals surface area contributed by atoms with E-state index in [1.54, 1.807) is 4.57 Å². The number of piperidine rings is 1. The molecule has 32 heavy (non-hydrogen) atoms. The van der Waals surface area contributed by atoms with Crippen LogP contribution < -0.4 is 10.9 Å². The average Bonchev–Trinajstić information content (AvgIpc) is 2.78. The maximum Gasteiger partial charge on any atom is 0.282 e. The number of hydrogen-bond acceptors (Lipinski definition) is 6. The molecule has 8 nitrogen and oxygen atoms in total. The molecule has 0 bridgehead atoms. The molecule has 1 aromatic heterocycles. The topological polar surface area (TPSA) is 108 Å². The minimum absolute atomic E-state index is 0.114. The molecule has 8 heteroatoms. The van der Waals surface area contributed by atoms with E-state index in [1.807, 2.05) is 19.1 Å². The van der Waals surface area contributed by atoms with Crippen LogP contribution in [-0.2, 0) is 13.0 Å². The van der Waals surface area contributed by atoms with Gasteiger partial charge in [-0.2, -0.15) is 0 Å². The first-order valence-electron chi connectivity index (χ1n) is 11.8. The van der Waals surface area contributed by atoms with Crippen LogP contribution in [0.4, 0.5) is 0 Å². The highest BCUT2D eigenvalue weighted by Crippen LogP contribution is 2.19. The van der Waals surface area contributed by atoms with Crippen LogP contribution in [0.15, 0.2) is 16.9 Å². The zero-order chi connectivity index (χ0) is 23.1. The number of rotatable bonds is 10. The Morgan fingerprint density at radius 2 is 1.94 bits per heavy atom. The van der Waals surface area contributed by atoms with Gasteiger partial charge in [-0.25, -0.2) is 4.98 Å². The Balaban J connectivity index is 1.87. The van der Waals surface area contributed by atoms with E-state index in [-0.39, 0.29) is 25.3 Å². The molecule has 0 saturated carbocycles. The van der Waals surface area contributed by atoms with E-state index in [2.05, 4.69) is 22.1 Å². The van der Waals surface area contributed by atoms with Gasteiger partial charge in [0.05, 0.1) is 17.1 Å². The van der Waals surface area contributed by atoms with Crippen molar-refractivity contribution in [3.05, 3.63) is 39.3 Å². The van der Waals surface area contributed by atoms with Crippen LogP contribution >= 0.6 is 0 Å². The average molecular weight is 445 g/mol. The van der Waals surface area contributed by atoms with Gasteiger partial charge in [0.15, 0.2) is 5.69 Å². The van der Waals surface area contributed by atoms with Gasteiger partial charge in [-0.05, 0) is 75.4 Å². The number of likely N-dealkylation sites (tertiary alicyclic amines) is 1. The summed E-state index contributed by atoms with van der Waals surface area (Å²) in [6.07, 6.45) is 4.30. The highest BCUT2D eigenvalue weighted by Gasteiger charge is 2.19. The molecule has 2 heterocycles. The molecule has 176 valence electrons. The van der Waals surface area contributed by atoms with Gasteiger partial charge in [-0.3, -0.25) is 9.59 Å². The van der Waals surface area contributed by atoms with Crippen LogP contribution in [0.5, 0.6) is 0 Å². The van der Waals surface area contributed by atoms with Crippen molar-refractivity contribution < 1.29 is 15.0 Å². The molecule has 1 amide bonds. The lowest BCUT2D eigenvalue weighted by Gasteiger charge is -2.26. The minimum Gasteiger partial charge on any atom is -0.396 e. The van der Waals surface area contributed by atoms with Crippen molar-refractivity contribution in [2.24, 2.45) is 0 Å². The minimum atomic E-state index is -0.715. The Morgan fingerprint density at radius 3 is 2.62 bits per heavy atom. The summed E-state index contributed by atoms with van der Waals surface area (Å²) < 4.78 is 1.54. The summed E-state index contributed by atoms with van der Waals surface area (Å²) in [5.74, 6) is -0.462. The first-order valence-corrected chi connectivity index (χ1v) is 11.8. The number of benzene rings is 1. The van der Waals surface area contributed by atoms with Crippen molar-refractivity contribution in [1.82, 2.24) is 19.8 Å². The number of amides is 1. The van der Waals surface area contributed by atoms with Crippen molar-refractivity contribution in [3.8, 4) is 0 Å². The van der Waals surface area contributed by atoms with Gasteiger partial charge >= 0.3 is 0 Å². The Kier molecular flexibility index (Phi) is 8.78. The number of aliphatic hydroxyl groups excluding tert-OH is 2. The summed E-state index contributed by atoms with van der Waals surface area (Å²) in [5.41, 5.74) is 2.87. The van der Waals surface area contributed by atoms with Crippen molar-refractivity contribution in [1.29, 1.82) is 0 Å². The fraction of sp³-hybridized carbons (Fsp3) is 0.625. The molecule has 0 aliphatic carbocycles. The first kappa shape index (κ1) is 24.4. The molecule has 0 spiro atoms. The Morgan fingerprint density at radius 1 is 1.19 bits per heavy atom. The van der Waals surface area contributed by atoms with Crippen molar-refractivity contribution in [3.63, 3.8) is 0 Å². The zero-order valence-corrected chi connectivity index (χ0v) is 19.3. The lowest BCUT2D eigenvalue weighted by atomic mass is 10.0. The molecule has 3 rings (SSSR count). The summed E-state index contributed by atoms with van der Waals surface area (Å²) in [6.45, 7) is 7.52. The molecule has 1 aromatic carbocycles. The van der Waals surface area contributed by atoms with E-state index in [0.717, 1.165) is 37.2 Å². The van der Waals surface area contributed by atoms with Gasteiger partial charge in [-0.15, -0.1) is 0 Å². The Bertz CT molecular complexity index is 982. The Hall–Kier alpha value is -2.29. The first-order chi connectivity index (χ1) is 15.4. The smallest absolute Gasteiger partial charge is 0.282 e. The van der Waals surface area contributed by atoms with Crippen LogP contribution in [0.2, 0.25) is 0 Å². The monoisotopic (exact) mass is 444 g/mol. The quantitative estimate of drug-likeness (QED) is 0.514. The molecule has 3 N–H and O–H groups in total. The van der Waals surface area contributed by atoms with E-state index >= 15 is 0 Å². The highest BCUT2D eigenvalue weighted by atomic mass is 16.3. The molecular weight excluding hydrogens is 408 g/mol. The summed E-state index contributed by atoms with van der Waals surface area (Å²) in [4.78, 5) is 32.9. The van der Waals surface area contributed by atoms with E-state index < -0.39 is 17.6 Å². The van der Waals surface area contributed by atoms with E-state index in [0.29, 0.717) is 24.0 Å². The number of fused-ring (bicyclic) bond motifs is 1. The van der Waals surface area contributed by atoms with Gasteiger partial charge in [0.2, 0.25) is 0 Å². The molecular formula is C24H36N4O4. The van der Waals surface area contributed by atoms with Gasteiger partial charge in [0.1, 0.15) is 0 Å². The zero-order valence-electron chi connectivity index (χ0n) is 19.3. The molecule has 1 fully saturated rings. The fourth-order valence-electron chi connectivity index (χ4n) is 4.35. The third kappa shape index (κ3) is 5.94. The molecule has 1 saturated heterocycles. The maximum absolute atomic E-state index is 13.2. The van der Waals surface area contributed by atoms with Crippen molar-refractivity contribution >= 4 is 16.9 Å². The number of nitrogens with one attached hydrogen (secondary N) is 1. The molecule has 1 aliphatic heterocycles. The lowest BCUT2D eigenvalue weighted by molar-refractivity contribution is 0.0939. The molecule has 1 unspecified atom stereocenters. The predicted octanol–water partition coefficient (Wildman–Crippen LogP) is 1.62. The number of carbonyl (C=O) groups is 1. The van der Waals surface area contributed by atoms with E-state index in [4.69, 9.17) is 5.11 Å². The molecule has 2 aromatic rings. The van der Waals surface area contributed by atoms with E-state index in [1.165, 1.54) is 19.3 Å².